The quantitative estimate of drug-likeness (QED) is 0.703. The molecule has 0 aromatic heterocycles. The van der Waals surface area contributed by atoms with Gasteiger partial charge in [0, 0.05) is 25.7 Å². The molecule has 1 amide bonds. The lowest BCUT2D eigenvalue weighted by molar-refractivity contribution is -0.135. The van der Waals surface area contributed by atoms with Crippen LogP contribution in [0.15, 0.2) is 0 Å². The average Bonchev–Trinajstić information content (AvgIpc) is 2.17. The van der Waals surface area contributed by atoms with E-state index in [1.54, 1.807) is 0 Å². The van der Waals surface area contributed by atoms with E-state index in [2.05, 4.69) is 0 Å². The zero-order chi connectivity index (χ0) is 12.0. The number of nitrogens with zero attached hydrogens (tertiary/aromatic N) is 2. The highest BCUT2D eigenvalue weighted by atomic mass is 16.2. The van der Waals surface area contributed by atoms with E-state index in [9.17, 15) is 4.79 Å². The van der Waals surface area contributed by atoms with Gasteiger partial charge in [0.15, 0.2) is 0 Å². The second kappa shape index (κ2) is 6.80. The molecule has 0 aliphatic heterocycles. The number of hydrogen-bond acceptors (Lipinski definition) is 3. The summed E-state index contributed by atoms with van der Waals surface area (Å²) in [6, 6.07) is 0.0119. The van der Waals surface area contributed by atoms with Crippen molar-refractivity contribution >= 4 is 5.91 Å². The van der Waals surface area contributed by atoms with Crippen LogP contribution in [0, 0.1) is 0 Å². The van der Waals surface area contributed by atoms with Gasteiger partial charge in [0.2, 0.25) is 5.91 Å². The number of likely N-dealkylation sites (N-methyl/N-ethyl adjacent to an activating group) is 2. The molecule has 0 spiro atoms. The van der Waals surface area contributed by atoms with Crippen LogP contribution < -0.4 is 5.73 Å². The minimum atomic E-state index is -0.0871. The lowest BCUT2D eigenvalue weighted by Crippen LogP contribution is -2.48. The third-order valence-electron chi connectivity index (χ3n) is 2.67. The minimum Gasteiger partial charge on any atom is -0.342 e. The number of amides is 1. The number of rotatable bonds is 6. The summed E-state index contributed by atoms with van der Waals surface area (Å²) in [7, 11) is 1.94. The summed E-state index contributed by atoms with van der Waals surface area (Å²) in [6.07, 6.45) is 0. The maximum Gasteiger partial charge on any atom is 0.239 e. The molecule has 2 unspecified atom stereocenters. The first-order valence-electron chi connectivity index (χ1n) is 5.68. The molecular formula is C11H25N3O. The maximum absolute atomic E-state index is 12.0. The predicted octanol–water partition coefficient (Wildman–Crippen LogP) is 0.522. The molecule has 0 saturated carbocycles. The Bertz CT molecular complexity index is 190. The van der Waals surface area contributed by atoms with Crippen molar-refractivity contribution in [1.29, 1.82) is 0 Å². The summed E-state index contributed by atoms with van der Waals surface area (Å²) >= 11 is 0. The third-order valence-corrected chi connectivity index (χ3v) is 2.67. The van der Waals surface area contributed by atoms with Gasteiger partial charge >= 0.3 is 0 Å². The van der Waals surface area contributed by atoms with Crippen molar-refractivity contribution in [3.05, 3.63) is 0 Å². The van der Waals surface area contributed by atoms with Gasteiger partial charge in [0.1, 0.15) is 0 Å². The van der Waals surface area contributed by atoms with Crippen LogP contribution >= 0.6 is 0 Å². The maximum atomic E-state index is 12.0. The Balaban J connectivity index is 4.29. The van der Waals surface area contributed by atoms with Crippen LogP contribution in [0.4, 0.5) is 0 Å². The third kappa shape index (κ3) is 4.62. The molecule has 0 radical (unpaired) electrons. The molecule has 0 heterocycles. The molecule has 0 rings (SSSR count). The lowest BCUT2D eigenvalue weighted by atomic mass is 10.2. The van der Waals surface area contributed by atoms with Gasteiger partial charge in [0.25, 0.3) is 0 Å². The van der Waals surface area contributed by atoms with Crippen molar-refractivity contribution in [3.63, 3.8) is 0 Å². The molecule has 4 nitrogen and oxygen atoms in total. The van der Waals surface area contributed by atoms with Crippen LogP contribution in [0.3, 0.4) is 0 Å². The van der Waals surface area contributed by atoms with Crippen LogP contribution in [-0.4, -0.2) is 54.5 Å². The van der Waals surface area contributed by atoms with Gasteiger partial charge in [-0.2, -0.15) is 0 Å². The van der Waals surface area contributed by atoms with E-state index in [0.29, 0.717) is 0 Å². The van der Waals surface area contributed by atoms with Crippen molar-refractivity contribution < 1.29 is 4.79 Å². The molecule has 4 heteroatoms. The number of hydrogen-bond donors (Lipinski definition) is 1. The lowest BCUT2D eigenvalue weighted by Gasteiger charge is -2.30. The van der Waals surface area contributed by atoms with Crippen LogP contribution in [0.5, 0.6) is 0 Å². The topological polar surface area (TPSA) is 49.6 Å². The second-order valence-corrected chi connectivity index (χ2v) is 4.10. The van der Waals surface area contributed by atoms with Crippen LogP contribution in [-0.2, 0) is 4.79 Å². The average molecular weight is 215 g/mol. The standard InChI is InChI=1S/C11H25N3O/c1-6-14(7-2)11(15)10(4)13(5)8-9(3)12/h9-10H,6-8,12H2,1-5H3. The van der Waals surface area contributed by atoms with Gasteiger partial charge in [-0.05, 0) is 34.7 Å². The van der Waals surface area contributed by atoms with Crippen molar-refractivity contribution in [1.82, 2.24) is 9.80 Å². The van der Waals surface area contributed by atoms with Gasteiger partial charge in [-0.1, -0.05) is 0 Å². The molecule has 0 aromatic rings. The molecule has 90 valence electrons. The van der Waals surface area contributed by atoms with E-state index in [1.807, 2.05) is 44.5 Å². The normalized spacial score (nSPS) is 15.1. The van der Waals surface area contributed by atoms with E-state index >= 15 is 0 Å². The Kier molecular flexibility index (Phi) is 6.52. The monoisotopic (exact) mass is 215 g/mol. The smallest absolute Gasteiger partial charge is 0.239 e. The molecule has 0 aliphatic rings. The fourth-order valence-electron chi connectivity index (χ4n) is 1.60. The van der Waals surface area contributed by atoms with Gasteiger partial charge in [0.05, 0.1) is 6.04 Å². The van der Waals surface area contributed by atoms with Crippen LogP contribution in [0.25, 0.3) is 0 Å². The Morgan fingerprint density at radius 1 is 1.27 bits per heavy atom. The Morgan fingerprint density at radius 3 is 2.07 bits per heavy atom. The van der Waals surface area contributed by atoms with E-state index in [1.165, 1.54) is 0 Å². The first-order chi connectivity index (χ1) is 6.93. The fraction of sp³-hybridized carbons (Fsp3) is 0.909. The zero-order valence-electron chi connectivity index (χ0n) is 10.7. The van der Waals surface area contributed by atoms with Crippen molar-refractivity contribution in [2.45, 2.75) is 39.8 Å². The first kappa shape index (κ1) is 14.4. The van der Waals surface area contributed by atoms with Crippen molar-refractivity contribution in [2.24, 2.45) is 5.73 Å². The molecule has 0 bridgehead atoms. The summed E-state index contributed by atoms with van der Waals surface area (Å²) in [5.74, 6) is 0.183. The summed E-state index contributed by atoms with van der Waals surface area (Å²) in [5, 5.41) is 0. The summed E-state index contributed by atoms with van der Waals surface area (Å²) in [4.78, 5) is 15.8. The van der Waals surface area contributed by atoms with Crippen molar-refractivity contribution in [3.8, 4) is 0 Å². The van der Waals surface area contributed by atoms with Crippen LogP contribution in [0.2, 0.25) is 0 Å². The highest BCUT2D eigenvalue weighted by Crippen LogP contribution is 2.02. The molecule has 2 N–H and O–H groups in total. The highest BCUT2D eigenvalue weighted by Gasteiger charge is 2.22. The summed E-state index contributed by atoms with van der Waals surface area (Å²) in [6.45, 7) is 10.2. The molecule has 15 heavy (non-hydrogen) atoms. The number of carbonyl (C=O) groups is 1. The molecule has 0 aliphatic carbocycles. The second-order valence-electron chi connectivity index (χ2n) is 4.10. The Hall–Kier alpha value is -0.610. The van der Waals surface area contributed by atoms with Gasteiger partial charge in [-0.3, -0.25) is 9.69 Å². The van der Waals surface area contributed by atoms with Gasteiger partial charge in [-0.15, -0.1) is 0 Å². The molecule has 0 aromatic carbocycles. The molecule has 0 saturated heterocycles. The number of nitrogens with two attached hydrogens (primary N) is 1. The molecular weight excluding hydrogens is 190 g/mol. The number of carbonyl (C=O) groups excluding carboxylic acids is 1. The fourth-order valence-corrected chi connectivity index (χ4v) is 1.60. The minimum absolute atomic E-state index is 0.0871. The summed E-state index contributed by atoms with van der Waals surface area (Å²) < 4.78 is 0. The highest BCUT2D eigenvalue weighted by molar-refractivity contribution is 5.81. The molecule has 0 fully saturated rings. The van der Waals surface area contributed by atoms with E-state index < -0.39 is 0 Å². The van der Waals surface area contributed by atoms with Crippen molar-refractivity contribution in [2.75, 3.05) is 26.7 Å². The van der Waals surface area contributed by atoms with E-state index in [-0.39, 0.29) is 18.0 Å². The SMILES string of the molecule is CCN(CC)C(=O)C(C)N(C)CC(C)N. The van der Waals surface area contributed by atoms with E-state index in [0.717, 1.165) is 19.6 Å². The zero-order valence-corrected chi connectivity index (χ0v) is 10.7. The summed E-state index contributed by atoms with van der Waals surface area (Å²) in [5.41, 5.74) is 5.71. The Morgan fingerprint density at radius 2 is 1.73 bits per heavy atom. The van der Waals surface area contributed by atoms with Crippen LogP contribution in [0.1, 0.15) is 27.7 Å². The largest absolute Gasteiger partial charge is 0.342 e. The van der Waals surface area contributed by atoms with Gasteiger partial charge in [-0.25, -0.2) is 0 Å². The first-order valence-corrected chi connectivity index (χ1v) is 5.68. The Labute approximate surface area is 93.4 Å². The van der Waals surface area contributed by atoms with Gasteiger partial charge < -0.3 is 10.6 Å². The van der Waals surface area contributed by atoms with E-state index in [4.69, 9.17) is 5.73 Å². The molecule has 2 atom stereocenters. The predicted molar refractivity (Wildman–Crippen MR) is 63.7 cm³/mol.